The van der Waals surface area contributed by atoms with Crippen molar-refractivity contribution in [3.05, 3.63) is 365 Å². The van der Waals surface area contributed by atoms with Gasteiger partial charge >= 0.3 is 0 Å². The van der Waals surface area contributed by atoms with Gasteiger partial charge in [-0.15, -0.1) is 5.92 Å². The van der Waals surface area contributed by atoms with Gasteiger partial charge in [-0.3, -0.25) is 0 Å². The molecule has 24 rings (SSSR count). The average molecular weight is 1610 g/mol. The van der Waals surface area contributed by atoms with Crippen molar-refractivity contribution in [1.29, 1.82) is 0 Å². The lowest BCUT2D eigenvalue weighted by Gasteiger charge is -2.49. The van der Waals surface area contributed by atoms with Gasteiger partial charge in [-0.05, 0) is 218 Å². The minimum absolute atomic E-state index is 0.0536. The van der Waals surface area contributed by atoms with E-state index in [9.17, 15) is 0 Å². The zero-order valence-corrected chi connectivity index (χ0v) is 76.0. The van der Waals surface area contributed by atoms with E-state index >= 15 is 0 Å². The Morgan fingerprint density at radius 1 is 0.295 bits per heavy atom. The van der Waals surface area contributed by atoms with E-state index in [2.05, 4.69) is 335 Å². The Morgan fingerprint density at radius 3 is 0.844 bits per heavy atom. The molecule has 4 heteroatoms. The molecule has 0 spiro atoms. The molecule has 4 atom stereocenters. The van der Waals surface area contributed by atoms with Crippen molar-refractivity contribution in [2.45, 2.75) is 271 Å². The second-order valence-corrected chi connectivity index (χ2v) is 42.5. The van der Waals surface area contributed by atoms with Gasteiger partial charge in [0, 0.05) is 80.6 Å². The lowest BCUT2D eigenvalue weighted by atomic mass is 9.53. The largest absolute Gasteiger partial charge is 0.492 e. The summed E-state index contributed by atoms with van der Waals surface area (Å²) >= 11 is 1.27. The van der Waals surface area contributed by atoms with E-state index in [0.717, 1.165) is 57.4 Å². The zero-order chi connectivity index (χ0) is 84.5. The predicted molar refractivity (Wildman–Crippen MR) is 506 cm³/mol. The van der Waals surface area contributed by atoms with Crippen LogP contribution in [0.4, 0.5) is 0 Å². The van der Waals surface area contributed by atoms with Crippen LogP contribution in [0.25, 0.3) is 11.0 Å². The lowest BCUT2D eigenvalue weighted by molar-refractivity contribution is 0.302. The Bertz CT molecular complexity index is 6580. The highest BCUT2D eigenvalue weighted by molar-refractivity contribution is 7.00. The summed E-state index contributed by atoms with van der Waals surface area (Å²) in [6, 6.07) is 67.2. The fraction of sp³-hybridized carbons (Fsp3) is 0.373. The second kappa shape index (κ2) is 29.8. The topological polar surface area (TPSA) is 35.0 Å². The molecule has 0 saturated carbocycles. The lowest BCUT2D eigenvalue weighted by Crippen LogP contribution is -2.35. The molecule has 1 aromatic heterocycles. The molecular formula is C118H116N2OS. The third-order valence-electron chi connectivity index (χ3n) is 29.0. The van der Waals surface area contributed by atoms with Gasteiger partial charge in [0.25, 0.3) is 0 Å². The Morgan fingerprint density at radius 2 is 0.549 bits per heavy atom. The molecule has 0 radical (unpaired) electrons. The molecule has 12 aromatic rings. The van der Waals surface area contributed by atoms with Crippen LogP contribution in [-0.2, 0) is 21.7 Å². The van der Waals surface area contributed by atoms with Crippen LogP contribution in [0.15, 0.2) is 170 Å². The summed E-state index contributed by atoms with van der Waals surface area (Å²) in [4.78, 5) is 0. The fourth-order valence-electron chi connectivity index (χ4n) is 23.1. The summed E-state index contributed by atoms with van der Waals surface area (Å²) in [7, 11) is 0. The van der Waals surface area contributed by atoms with E-state index in [4.69, 9.17) is 13.5 Å². The third kappa shape index (κ3) is 12.7. The van der Waals surface area contributed by atoms with Crippen LogP contribution >= 0.6 is 11.7 Å². The molecule has 11 aromatic carbocycles. The van der Waals surface area contributed by atoms with Crippen molar-refractivity contribution >= 4 is 22.8 Å². The number of unbranched alkanes of at least 4 members (excludes halogenated alkanes) is 11. The SMILES string of the molecule is CC#Cc1c2c(c(C#Cc3c(OCCCCCCCCCCCCCC)c(C)c(C#Cc4c5c(c(C#CC(C)(C)C)c6c4[C@H]4c7ccc(C(C)(C)C)cc7[C@H]6c6ccc(C(C)(C)C)cc64)C4c6ccccc6C5c5ccccc54)c4nsnc34)c3c1[C@H]1c4ccc(C(C)(C)C)cc4[C@H]3c3ccc(C(C)(C)C)cc31)C1c3ccccc3C2c2ccccc21. The molecule has 8 bridgehead atoms. The number of aromatic nitrogens is 2. The van der Waals surface area contributed by atoms with Gasteiger partial charge in [0.15, 0.2) is 0 Å². The number of hydrogen-bond donors (Lipinski definition) is 0. The first-order valence-electron chi connectivity index (χ1n) is 46.0. The Labute approximate surface area is 731 Å². The van der Waals surface area contributed by atoms with Gasteiger partial charge in [0.05, 0.1) is 29.5 Å². The number of benzene rings is 11. The summed E-state index contributed by atoms with van der Waals surface area (Å²) < 4.78 is 18.6. The van der Waals surface area contributed by atoms with Crippen LogP contribution in [0.3, 0.4) is 0 Å². The first-order chi connectivity index (χ1) is 58.6. The summed E-state index contributed by atoms with van der Waals surface area (Å²) in [6.45, 7) is 42.3. The van der Waals surface area contributed by atoms with Gasteiger partial charge in [-0.25, -0.2) is 0 Å². The molecule has 0 fully saturated rings. The molecule has 3 nitrogen and oxygen atoms in total. The van der Waals surface area contributed by atoms with Crippen LogP contribution in [0.2, 0.25) is 0 Å². The van der Waals surface area contributed by atoms with Crippen LogP contribution < -0.4 is 4.74 Å². The standard InChI is InChI=1S/C118H116N2OS/c1-19-21-22-23-24-25-26-27-28-29-30-39-63-121-113-68(3)73(57-58-87-106-97-78-45-35-37-47-80(78)98(81-48-38-36-46-79(81)97)109(106)89(61-62-114(4,5)6)110-102-85-56-52-71(117(13,14)15)66-93(85)101(108(87)110)84-55-51-72(67-94(84)102)118(16,17)18)111-112(120-122-119-111)90(113)60-59-88-105-96-76-43-33-31-41-74(76)95(75-42-32-34-44-77(75)96)103(105)86(40-20-2)104-99-82-53-49-70(116(10,11)12)65-92(82)100(107(88)104)83-54-50-69(64-91(83)99)115(7,8)9/h31-38,41-56,64-67,95-102H,19,21-30,39,63H2,1-18H3/t95?,96?,97?,98?,99-,100+,101-,102+/m0/s1. The summed E-state index contributed by atoms with van der Waals surface area (Å²) in [6.07, 6.45) is 15.1. The number of hydrogen-bond acceptors (Lipinski definition) is 4. The van der Waals surface area contributed by atoms with E-state index in [1.54, 1.807) is 0 Å². The van der Waals surface area contributed by atoms with Gasteiger partial charge < -0.3 is 4.74 Å². The molecule has 0 aliphatic heterocycles. The maximum absolute atomic E-state index is 7.66. The smallest absolute Gasteiger partial charge is 0.141 e. The maximum atomic E-state index is 7.66. The van der Waals surface area contributed by atoms with E-state index < -0.39 is 0 Å². The molecule has 610 valence electrons. The zero-order valence-electron chi connectivity index (χ0n) is 75.2. The highest BCUT2D eigenvalue weighted by Gasteiger charge is 2.54. The minimum Gasteiger partial charge on any atom is -0.492 e. The van der Waals surface area contributed by atoms with Crippen molar-refractivity contribution in [3.63, 3.8) is 0 Å². The molecule has 122 heavy (non-hydrogen) atoms. The summed E-state index contributed by atoms with van der Waals surface area (Å²) in [5, 5.41) is 0. The van der Waals surface area contributed by atoms with Crippen LogP contribution in [0.1, 0.15) is 437 Å². The molecule has 0 unspecified atom stereocenters. The molecule has 1 heterocycles. The highest BCUT2D eigenvalue weighted by atomic mass is 32.1. The molecule has 0 N–H and O–H groups in total. The van der Waals surface area contributed by atoms with Gasteiger partial charge in [0.1, 0.15) is 16.8 Å². The normalized spacial score (nSPS) is 18.7. The second-order valence-electron chi connectivity index (χ2n) is 41.9. The van der Waals surface area contributed by atoms with Gasteiger partial charge in [0.2, 0.25) is 0 Å². The van der Waals surface area contributed by atoms with Crippen molar-refractivity contribution in [1.82, 2.24) is 8.75 Å². The van der Waals surface area contributed by atoms with Crippen molar-refractivity contribution < 1.29 is 4.74 Å². The number of rotatable bonds is 14. The Hall–Kier alpha value is -10.7. The summed E-state index contributed by atoms with van der Waals surface area (Å²) in [5.74, 6) is 32.8. The van der Waals surface area contributed by atoms with E-state index in [0.29, 0.717) is 6.61 Å². The van der Waals surface area contributed by atoms with E-state index in [-0.39, 0.29) is 74.4 Å². The Kier molecular flexibility index (Phi) is 19.5. The monoisotopic (exact) mass is 1610 g/mol. The molecule has 12 aliphatic rings. The molecule has 12 aliphatic carbocycles. The first kappa shape index (κ1) is 79.7. The van der Waals surface area contributed by atoms with Crippen molar-refractivity contribution in [2.75, 3.05) is 6.61 Å². The first-order valence-corrected chi connectivity index (χ1v) is 46.7. The van der Waals surface area contributed by atoms with Crippen molar-refractivity contribution in [3.8, 4) is 53.1 Å². The average Bonchev–Trinajstić information content (AvgIpc) is 0.690. The molecule has 0 saturated heterocycles. The highest BCUT2D eigenvalue weighted by Crippen LogP contribution is 2.68. The fourth-order valence-corrected chi connectivity index (χ4v) is 23.6. The molecule has 0 amide bonds. The van der Waals surface area contributed by atoms with Crippen LogP contribution in [0, 0.1) is 59.7 Å². The molecular weight excluding hydrogens is 1490 g/mol. The van der Waals surface area contributed by atoms with Crippen LogP contribution in [0.5, 0.6) is 5.75 Å². The number of fused-ring (bicyclic) bond motifs is 1. The summed E-state index contributed by atoms with van der Waals surface area (Å²) in [5.41, 5.74) is 45.8. The van der Waals surface area contributed by atoms with Gasteiger partial charge in [-0.1, -0.05) is 372 Å². The number of ether oxygens (including phenoxy) is 1. The maximum Gasteiger partial charge on any atom is 0.141 e. The van der Waals surface area contributed by atoms with Crippen LogP contribution in [-0.4, -0.2) is 15.4 Å². The third-order valence-corrected chi connectivity index (χ3v) is 29.5. The quantitative estimate of drug-likeness (QED) is 0.0804. The predicted octanol–water partition coefficient (Wildman–Crippen LogP) is 28.8. The Balaban J connectivity index is 0.844. The van der Waals surface area contributed by atoms with Crippen molar-refractivity contribution in [2.24, 2.45) is 5.41 Å². The number of nitrogens with zero attached hydrogens (tertiary/aromatic N) is 2. The van der Waals surface area contributed by atoms with E-state index in [1.807, 2.05) is 6.92 Å². The van der Waals surface area contributed by atoms with Gasteiger partial charge in [-0.2, -0.15) is 8.75 Å². The minimum atomic E-state index is -0.281. The van der Waals surface area contributed by atoms with E-state index in [1.165, 1.54) is 243 Å².